The maximum atomic E-state index is 14.1. The van der Waals surface area contributed by atoms with Crippen LogP contribution in [0.4, 0.5) is 5.82 Å². The third-order valence-corrected chi connectivity index (χ3v) is 8.58. The van der Waals surface area contributed by atoms with E-state index in [0.717, 1.165) is 26.2 Å². The van der Waals surface area contributed by atoms with E-state index in [4.69, 9.17) is 10.5 Å². The lowest BCUT2D eigenvalue weighted by molar-refractivity contribution is -0.128. The Balaban J connectivity index is 1.30. The van der Waals surface area contributed by atoms with E-state index in [0.29, 0.717) is 47.7 Å². The van der Waals surface area contributed by atoms with Crippen LogP contribution < -0.4 is 21.5 Å². The molecule has 4 aromatic rings. The molecule has 1 atom stereocenters. The number of hydrogen-bond donors (Lipinski definition) is 2. The maximum absolute atomic E-state index is 14.1. The third kappa shape index (κ3) is 6.05. The highest BCUT2D eigenvalue weighted by Gasteiger charge is 2.33. The number of fused-ring (bicyclic) bond motifs is 1. The van der Waals surface area contributed by atoms with Gasteiger partial charge in [-0.3, -0.25) is 18.8 Å². The second-order valence-corrected chi connectivity index (χ2v) is 11.9. The van der Waals surface area contributed by atoms with Crippen molar-refractivity contribution in [2.45, 2.75) is 38.3 Å². The molecule has 232 valence electrons. The van der Waals surface area contributed by atoms with Gasteiger partial charge in [-0.2, -0.15) is 5.26 Å². The molecule has 12 nitrogen and oxygen atoms in total. The Morgan fingerprint density at radius 1 is 1.07 bits per heavy atom. The summed E-state index contributed by atoms with van der Waals surface area (Å²) in [5.41, 5.74) is 7.03. The first-order valence-corrected chi connectivity index (χ1v) is 15.2. The lowest BCUT2D eigenvalue weighted by Crippen LogP contribution is -2.53. The molecule has 2 saturated heterocycles. The van der Waals surface area contributed by atoms with E-state index >= 15 is 0 Å². The number of likely N-dealkylation sites (tertiary alicyclic amines) is 1. The van der Waals surface area contributed by atoms with Gasteiger partial charge in [-0.05, 0) is 69.2 Å². The van der Waals surface area contributed by atoms with Gasteiger partial charge in [-0.25, -0.2) is 14.8 Å². The molecule has 0 saturated carbocycles. The topological polar surface area (TPSA) is 147 Å². The molecular weight excluding hydrogens is 570 g/mol. The van der Waals surface area contributed by atoms with Gasteiger partial charge < -0.3 is 20.7 Å². The van der Waals surface area contributed by atoms with E-state index in [1.165, 1.54) is 10.9 Å². The van der Waals surface area contributed by atoms with Crippen molar-refractivity contribution in [2.75, 3.05) is 45.0 Å². The summed E-state index contributed by atoms with van der Waals surface area (Å²) in [5, 5.41) is 13.4. The van der Waals surface area contributed by atoms with Crippen LogP contribution in [0, 0.1) is 11.3 Å². The van der Waals surface area contributed by atoms with Gasteiger partial charge in [0, 0.05) is 44.8 Å². The minimum absolute atomic E-state index is 0.110. The minimum atomic E-state index is -0.460. The molecule has 6 rings (SSSR count). The number of carbonyl (C=O) groups is 1. The zero-order valence-electron chi connectivity index (χ0n) is 25.5. The predicted molar refractivity (Wildman–Crippen MR) is 171 cm³/mol. The standard InChI is InChI=1S/C33H37N9O3/c1-33(2,40-17-14-36-15-18-40)19-23(20-34)31(43)39-16-6-7-25(21-39)42-30-28(29(35)37-22-38-30)41(32(42)44)24-10-12-27(13-11-24)45-26-8-4-3-5-9-26/h3-5,8-13,19,22,25,36H,6-7,14-18,21H2,1-2H3,(H2,35,37,38)/b23-19-/t25-/m0/s1. The Labute approximate surface area is 261 Å². The van der Waals surface area contributed by atoms with Crippen molar-refractivity contribution >= 4 is 22.9 Å². The lowest BCUT2D eigenvalue weighted by atomic mass is 9.97. The van der Waals surface area contributed by atoms with Crippen LogP contribution in [0.5, 0.6) is 11.5 Å². The summed E-state index contributed by atoms with van der Waals surface area (Å²) in [5.74, 6) is 1.17. The van der Waals surface area contributed by atoms with E-state index in [-0.39, 0.29) is 35.6 Å². The summed E-state index contributed by atoms with van der Waals surface area (Å²) < 4.78 is 9.05. The highest BCUT2D eigenvalue weighted by Crippen LogP contribution is 2.29. The Kier molecular flexibility index (Phi) is 8.38. The number of nitrogens with two attached hydrogens (primary N) is 1. The minimum Gasteiger partial charge on any atom is -0.457 e. The van der Waals surface area contributed by atoms with Crippen LogP contribution in [0.15, 0.2) is 77.4 Å². The normalized spacial score (nSPS) is 18.1. The number of para-hydroxylation sites is 1. The second-order valence-electron chi connectivity index (χ2n) is 11.9. The van der Waals surface area contributed by atoms with Crippen molar-refractivity contribution in [3.63, 3.8) is 0 Å². The zero-order chi connectivity index (χ0) is 31.6. The number of nitrogens with zero attached hydrogens (tertiary/aromatic N) is 7. The van der Waals surface area contributed by atoms with Gasteiger partial charge >= 0.3 is 5.69 Å². The number of rotatable bonds is 7. The average molecular weight is 608 g/mol. The number of benzene rings is 2. The first-order valence-electron chi connectivity index (χ1n) is 15.2. The molecule has 0 aliphatic carbocycles. The quantitative estimate of drug-likeness (QED) is 0.239. The van der Waals surface area contributed by atoms with Gasteiger partial charge in [0.2, 0.25) is 0 Å². The Bertz CT molecular complexity index is 1810. The number of nitrogens with one attached hydrogen (secondary N) is 1. The first kappa shape index (κ1) is 30.1. The Morgan fingerprint density at radius 2 is 1.78 bits per heavy atom. The molecule has 4 heterocycles. The molecule has 2 aliphatic rings. The lowest BCUT2D eigenvalue weighted by Gasteiger charge is -2.39. The highest BCUT2D eigenvalue weighted by molar-refractivity contribution is 5.97. The zero-order valence-corrected chi connectivity index (χ0v) is 25.5. The molecule has 2 aromatic heterocycles. The van der Waals surface area contributed by atoms with Crippen LogP contribution in [0.25, 0.3) is 16.9 Å². The Hall–Kier alpha value is -4.99. The van der Waals surface area contributed by atoms with Crippen molar-refractivity contribution in [1.82, 2.24) is 34.2 Å². The molecule has 12 heteroatoms. The van der Waals surface area contributed by atoms with Gasteiger partial charge in [0.1, 0.15) is 35.0 Å². The monoisotopic (exact) mass is 607 g/mol. The van der Waals surface area contributed by atoms with Crippen LogP contribution in [0.1, 0.15) is 32.7 Å². The fourth-order valence-corrected chi connectivity index (χ4v) is 6.27. The van der Waals surface area contributed by atoms with Crippen molar-refractivity contribution in [3.05, 3.63) is 83.1 Å². The molecule has 2 aromatic carbocycles. The van der Waals surface area contributed by atoms with Crippen LogP contribution in [-0.2, 0) is 4.79 Å². The molecule has 0 radical (unpaired) electrons. The summed E-state index contributed by atoms with van der Waals surface area (Å²) in [4.78, 5) is 40.4. The number of ether oxygens (including phenoxy) is 1. The number of anilines is 1. The highest BCUT2D eigenvalue weighted by atomic mass is 16.5. The van der Waals surface area contributed by atoms with E-state index in [1.807, 2.05) is 44.2 Å². The smallest absolute Gasteiger partial charge is 0.335 e. The number of carbonyl (C=O) groups excluding carboxylic acids is 1. The summed E-state index contributed by atoms with van der Waals surface area (Å²) in [6.07, 6.45) is 4.45. The number of amides is 1. The summed E-state index contributed by atoms with van der Waals surface area (Å²) in [7, 11) is 0. The van der Waals surface area contributed by atoms with Gasteiger partial charge in [-0.1, -0.05) is 18.2 Å². The number of nitriles is 1. The molecule has 0 bridgehead atoms. The summed E-state index contributed by atoms with van der Waals surface area (Å²) in [6, 6.07) is 18.4. The summed E-state index contributed by atoms with van der Waals surface area (Å²) in [6.45, 7) is 8.22. The van der Waals surface area contributed by atoms with Gasteiger partial charge in [0.25, 0.3) is 5.91 Å². The molecular formula is C33H37N9O3. The fourth-order valence-electron chi connectivity index (χ4n) is 6.27. The molecule has 1 amide bonds. The van der Waals surface area contributed by atoms with Crippen LogP contribution in [-0.4, -0.2) is 79.6 Å². The molecule has 45 heavy (non-hydrogen) atoms. The average Bonchev–Trinajstić information content (AvgIpc) is 3.37. The number of piperazine rings is 1. The number of nitrogen functional groups attached to an aromatic ring is 1. The molecule has 3 N–H and O–H groups in total. The van der Waals surface area contributed by atoms with Crippen molar-refractivity contribution in [1.29, 1.82) is 5.26 Å². The summed E-state index contributed by atoms with van der Waals surface area (Å²) >= 11 is 0. The van der Waals surface area contributed by atoms with Crippen molar-refractivity contribution in [3.8, 4) is 23.3 Å². The van der Waals surface area contributed by atoms with Gasteiger partial charge in [0.15, 0.2) is 11.5 Å². The number of imidazole rings is 1. The number of hydrogen-bond acceptors (Lipinski definition) is 9. The first-order chi connectivity index (χ1) is 21.8. The largest absolute Gasteiger partial charge is 0.457 e. The molecule has 2 aliphatic heterocycles. The fraction of sp³-hybridized carbons (Fsp3) is 0.364. The van der Waals surface area contributed by atoms with Crippen molar-refractivity contribution < 1.29 is 9.53 Å². The molecule has 2 fully saturated rings. The number of piperidine rings is 1. The Morgan fingerprint density at radius 3 is 2.49 bits per heavy atom. The van der Waals surface area contributed by atoms with Crippen LogP contribution in [0.2, 0.25) is 0 Å². The van der Waals surface area contributed by atoms with E-state index in [9.17, 15) is 14.9 Å². The third-order valence-electron chi connectivity index (χ3n) is 8.58. The SMILES string of the molecule is CC(C)(/C=C(/C#N)C(=O)N1CCC[C@H](n2c(=O)n(-c3ccc(Oc4ccccc4)cc3)c3c(N)ncnc32)C1)N1CCNCC1. The van der Waals surface area contributed by atoms with Gasteiger partial charge in [-0.15, -0.1) is 0 Å². The van der Waals surface area contributed by atoms with Gasteiger partial charge in [0.05, 0.1) is 11.7 Å². The van der Waals surface area contributed by atoms with Crippen LogP contribution >= 0.6 is 0 Å². The van der Waals surface area contributed by atoms with E-state index in [1.54, 1.807) is 39.8 Å². The van der Waals surface area contributed by atoms with Crippen LogP contribution in [0.3, 0.4) is 0 Å². The van der Waals surface area contributed by atoms with Crippen molar-refractivity contribution in [2.24, 2.45) is 0 Å². The number of aromatic nitrogens is 4. The van der Waals surface area contributed by atoms with E-state index < -0.39 is 5.54 Å². The predicted octanol–water partition coefficient (Wildman–Crippen LogP) is 3.25. The molecule has 0 spiro atoms. The second kappa shape index (κ2) is 12.6. The molecule has 0 unspecified atom stereocenters. The van der Waals surface area contributed by atoms with E-state index in [2.05, 4.69) is 26.3 Å². The maximum Gasteiger partial charge on any atom is 0.335 e.